The molecule has 2 aromatic rings. The number of carbonyl (C=O) groups excluding carboxylic acids is 1. The zero-order valence-electron chi connectivity index (χ0n) is 14.1. The van der Waals surface area contributed by atoms with Crippen molar-refractivity contribution in [2.45, 2.75) is 37.8 Å². The van der Waals surface area contributed by atoms with Crippen LogP contribution in [0.15, 0.2) is 24.5 Å². The minimum atomic E-state index is -1.09. The normalized spacial score (nSPS) is 26.9. The third-order valence-corrected chi connectivity index (χ3v) is 5.59. The van der Waals surface area contributed by atoms with Crippen LogP contribution < -0.4 is 5.32 Å². The molecule has 1 aromatic carbocycles. The second kappa shape index (κ2) is 5.98. The summed E-state index contributed by atoms with van der Waals surface area (Å²) in [4.78, 5) is 30.2. The Bertz CT molecular complexity index is 871. The Morgan fingerprint density at radius 3 is 2.92 bits per heavy atom. The van der Waals surface area contributed by atoms with Gasteiger partial charge in [-0.1, -0.05) is 18.5 Å². The van der Waals surface area contributed by atoms with E-state index in [1.807, 2.05) is 6.92 Å². The molecule has 1 saturated carbocycles. The summed E-state index contributed by atoms with van der Waals surface area (Å²) in [6.07, 6.45) is 3.20. The molecule has 5 rings (SSSR count). The molecule has 8 nitrogen and oxygen atoms in total. The van der Waals surface area contributed by atoms with E-state index < -0.39 is 17.5 Å². The molecule has 2 aliphatic heterocycles. The first kappa shape index (κ1) is 16.8. The molecule has 1 aromatic heterocycles. The second-order valence-corrected chi connectivity index (χ2v) is 7.48. The van der Waals surface area contributed by atoms with Gasteiger partial charge in [0.2, 0.25) is 0 Å². The van der Waals surface area contributed by atoms with Gasteiger partial charge < -0.3 is 15.3 Å². The van der Waals surface area contributed by atoms with Crippen LogP contribution in [0, 0.1) is 5.92 Å². The van der Waals surface area contributed by atoms with Crippen LogP contribution in [0.25, 0.3) is 11.4 Å². The van der Waals surface area contributed by atoms with Gasteiger partial charge in [0.15, 0.2) is 5.82 Å². The van der Waals surface area contributed by atoms with Crippen LogP contribution >= 0.6 is 11.6 Å². The van der Waals surface area contributed by atoms with Gasteiger partial charge in [-0.05, 0) is 37.0 Å². The van der Waals surface area contributed by atoms with Crippen molar-refractivity contribution >= 4 is 29.3 Å². The van der Waals surface area contributed by atoms with Crippen LogP contribution in [0.1, 0.15) is 26.2 Å². The molecule has 9 heteroatoms. The third kappa shape index (κ3) is 2.52. The van der Waals surface area contributed by atoms with Gasteiger partial charge in [0.25, 0.3) is 0 Å². The number of halogens is 1. The molecule has 3 heterocycles. The summed E-state index contributed by atoms with van der Waals surface area (Å²) >= 11 is 6.19. The lowest BCUT2D eigenvalue weighted by molar-refractivity contribution is -0.173. The van der Waals surface area contributed by atoms with E-state index >= 15 is 0 Å². The number of urea groups is 1. The van der Waals surface area contributed by atoms with Crippen molar-refractivity contribution in [1.82, 2.24) is 20.1 Å². The number of carboxylic acids is 1. The summed E-state index contributed by atoms with van der Waals surface area (Å²) in [5.41, 5.74) is 0.0313. The Hall–Kier alpha value is -2.61. The fourth-order valence-electron chi connectivity index (χ4n) is 4.25. The van der Waals surface area contributed by atoms with Gasteiger partial charge in [-0.2, -0.15) is 5.10 Å². The standard InChI is InChI=1S/C17H18ClN5O3/c1-9-4-11-7-17(6-9,15(24)25)23(11)16(26)21-10-2-3-13(18)12(5-10)14-19-8-20-22-14/h2-3,5,8-9,11H,4,6-7H2,1H3,(H,21,26)(H,24,25)(H,19,20,22)/t9-,11?,17?/m1/s1. The van der Waals surface area contributed by atoms with Crippen LogP contribution in [-0.4, -0.2) is 48.8 Å². The van der Waals surface area contributed by atoms with Crippen molar-refractivity contribution in [3.8, 4) is 11.4 Å². The van der Waals surface area contributed by atoms with E-state index in [0.717, 1.165) is 6.42 Å². The largest absolute Gasteiger partial charge is 0.479 e. The Labute approximate surface area is 154 Å². The van der Waals surface area contributed by atoms with Crippen molar-refractivity contribution in [2.24, 2.45) is 5.92 Å². The van der Waals surface area contributed by atoms with E-state index in [1.165, 1.54) is 11.2 Å². The first-order chi connectivity index (χ1) is 12.4. The Morgan fingerprint density at radius 2 is 2.23 bits per heavy atom. The number of nitrogens with one attached hydrogen (secondary N) is 2. The number of amides is 2. The van der Waals surface area contributed by atoms with Crippen LogP contribution in [0.2, 0.25) is 5.02 Å². The molecular weight excluding hydrogens is 358 g/mol. The summed E-state index contributed by atoms with van der Waals surface area (Å²) in [6, 6.07) is 4.58. The lowest BCUT2D eigenvalue weighted by Gasteiger charge is -2.60. The van der Waals surface area contributed by atoms with Gasteiger partial charge in [-0.3, -0.25) is 5.10 Å². The molecule has 26 heavy (non-hydrogen) atoms. The Kier molecular flexibility index (Phi) is 3.87. The number of benzene rings is 1. The van der Waals surface area contributed by atoms with Gasteiger partial charge in [-0.15, -0.1) is 0 Å². The van der Waals surface area contributed by atoms with Gasteiger partial charge in [0.05, 0.1) is 5.02 Å². The zero-order chi connectivity index (χ0) is 18.5. The highest BCUT2D eigenvalue weighted by molar-refractivity contribution is 6.33. The highest BCUT2D eigenvalue weighted by Crippen LogP contribution is 2.50. The maximum atomic E-state index is 12.8. The fraction of sp³-hybridized carbons (Fsp3) is 0.412. The van der Waals surface area contributed by atoms with E-state index in [2.05, 4.69) is 20.5 Å². The average molecular weight is 376 g/mol. The smallest absolute Gasteiger partial charge is 0.329 e. The van der Waals surface area contributed by atoms with E-state index in [4.69, 9.17) is 11.6 Å². The van der Waals surface area contributed by atoms with Gasteiger partial charge >= 0.3 is 12.0 Å². The van der Waals surface area contributed by atoms with E-state index in [-0.39, 0.29) is 6.04 Å². The number of piperidine rings is 1. The SMILES string of the molecule is C[C@@H]1CC2CC(C(=O)O)(C1)N2C(=O)Nc1ccc(Cl)c(-c2ncn[nH]2)c1. The second-order valence-electron chi connectivity index (χ2n) is 7.07. The van der Waals surface area contributed by atoms with Crippen molar-refractivity contribution in [3.05, 3.63) is 29.5 Å². The number of aromatic nitrogens is 3. The summed E-state index contributed by atoms with van der Waals surface area (Å²) in [7, 11) is 0. The van der Waals surface area contributed by atoms with Crippen LogP contribution in [0.5, 0.6) is 0 Å². The summed E-state index contributed by atoms with van der Waals surface area (Å²) in [5.74, 6) is -0.154. The molecule has 2 unspecified atom stereocenters. The fourth-order valence-corrected chi connectivity index (χ4v) is 4.46. The van der Waals surface area contributed by atoms with Gasteiger partial charge in [0.1, 0.15) is 11.9 Å². The topological polar surface area (TPSA) is 111 Å². The molecule has 0 radical (unpaired) electrons. The van der Waals surface area contributed by atoms with Crippen molar-refractivity contribution in [3.63, 3.8) is 0 Å². The number of hydrogen-bond acceptors (Lipinski definition) is 4. The first-order valence-electron chi connectivity index (χ1n) is 8.40. The first-order valence-corrected chi connectivity index (χ1v) is 8.77. The molecule has 3 fully saturated rings. The number of hydrogen-bond donors (Lipinski definition) is 3. The van der Waals surface area contributed by atoms with Gasteiger partial charge in [0, 0.05) is 23.7 Å². The Morgan fingerprint density at radius 1 is 1.42 bits per heavy atom. The number of carbonyl (C=O) groups is 2. The summed E-state index contributed by atoms with van der Waals surface area (Å²) in [6.45, 7) is 2.03. The maximum Gasteiger partial charge on any atom is 0.329 e. The predicted molar refractivity (Wildman–Crippen MR) is 94.9 cm³/mol. The number of aliphatic carboxylic acids is 1. The molecule has 136 valence electrons. The molecule has 3 atom stereocenters. The molecule has 3 N–H and O–H groups in total. The highest BCUT2D eigenvalue weighted by atomic mass is 35.5. The third-order valence-electron chi connectivity index (χ3n) is 5.26. The zero-order valence-corrected chi connectivity index (χ0v) is 14.8. The number of H-pyrrole nitrogens is 1. The molecule has 1 aliphatic carbocycles. The van der Waals surface area contributed by atoms with Crippen molar-refractivity contribution < 1.29 is 14.7 Å². The Balaban J connectivity index is 1.58. The van der Waals surface area contributed by atoms with Crippen LogP contribution in [0.4, 0.5) is 10.5 Å². The highest BCUT2D eigenvalue weighted by Gasteiger charge is 2.63. The van der Waals surface area contributed by atoms with Crippen molar-refractivity contribution in [1.29, 1.82) is 0 Å². The van der Waals surface area contributed by atoms with E-state index in [1.54, 1.807) is 18.2 Å². The molecule has 2 saturated heterocycles. The quantitative estimate of drug-likeness (QED) is 0.763. The van der Waals surface area contributed by atoms with Crippen molar-refractivity contribution in [2.75, 3.05) is 5.32 Å². The van der Waals surface area contributed by atoms with Gasteiger partial charge in [-0.25, -0.2) is 14.6 Å². The molecule has 2 amide bonds. The summed E-state index contributed by atoms with van der Waals surface area (Å²) < 4.78 is 0. The number of nitrogens with zero attached hydrogens (tertiary/aromatic N) is 3. The molecule has 3 aliphatic rings. The minimum absolute atomic E-state index is 0.0316. The summed E-state index contributed by atoms with van der Waals surface area (Å²) in [5, 5.41) is 19.5. The molecular formula is C17H18ClN5O3. The van der Waals surface area contributed by atoms with E-state index in [0.29, 0.717) is 40.9 Å². The molecule has 0 spiro atoms. The maximum absolute atomic E-state index is 12.8. The average Bonchev–Trinajstić information content (AvgIpc) is 3.09. The monoisotopic (exact) mass is 375 g/mol. The number of rotatable bonds is 3. The number of fused-ring (bicyclic) bond motifs is 2. The number of aromatic amines is 1. The lowest BCUT2D eigenvalue weighted by Crippen LogP contribution is -2.75. The molecule has 2 bridgehead atoms. The number of carboxylic acid groups (broad SMARTS) is 1. The van der Waals surface area contributed by atoms with Crippen LogP contribution in [-0.2, 0) is 4.79 Å². The lowest BCUT2D eigenvalue weighted by atomic mass is 9.64. The minimum Gasteiger partial charge on any atom is -0.479 e. The van der Waals surface area contributed by atoms with Crippen LogP contribution in [0.3, 0.4) is 0 Å². The van der Waals surface area contributed by atoms with E-state index in [9.17, 15) is 14.7 Å². The number of anilines is 1. The predicted octanol–water partition coefficient (Wildman–Crippen LogP) is 2.98.